The molecule has 0 saturated carbocycles. The van der Waals surface area contributed by atoms with Crippen LogP contribution in [0, 0.1) is 5.92 Å². The Kier molecular flexibility index (Phi) is 3.73. The number of ether oxygens (including phenoxy) is 1. The molecule has 1 saturated heterocycles. The van der Waals surface area contributed by atoms with Crippen LogP contribution in [0.15, 0.2) is 28.7 Å². The van der Waals surface area contributed by atoms with Crippen molar-refractivity contribution in [2.45, 2.75) is 23.4 Å². The first-order chi connectivity index (χ1) is 7.12. The number of hydrogen-bond acceptors (Lipinski definition) is 1. The fourth-order valence-corrected chi connectivity index (χ4v) is 4.40. The summed E-state index contributed by atoms with van der Waals surface area (Å²) in [6.45, 7) is 3.16. The van der Waals surface area contributed by atoms with E-state index >= 15 is 0 Å². The molecule has 2 unspecified atom stereocenters. The standard InChI is InChI=1S/C12H14BrIO/c1-9-6-7-15-12(14,8-9)10-4-2-3-5-11(10)13/h2-5,9H,6-8H2,1H3. The summed E-state index contributed by atoms with van der Waals surface area (Å²) in [6, 6.07) is 8.34. The minimum Gasteiger partial charge on any atom is -0.360 e. The maximum Gasteiger partial charge on any atom is 0.145 e. The van der Waals surface area contributed by atoms with E-state index in [2.05, 4.69) is 63.6 Å². The number of alkyl halides is 1. The third kappa shape index (κ3) is 2.56. The lowest BCUT2D eigenvalue weighted by Gasteiger charge is -2.36. The van der Waals surface area contributed by atoms with Gasteiger partial charge in [0.15, 0.2) is 0 Å². The largest absolute Gasteiger partial charge is 0.360 e. The summed E-state index contributed by atoms with van der Waals surface area (Å²) in [5, 5.41) is 0. The zero-order valence-corrected chi connectivity index (χ0v) is 12.4. The Hall–Kier alpha value is 0.390. The summed E-state index contributed by atoms with van der Waals surface area (Å²) < 4.78 is 6.96. The predicted molar refractivity (Wildman–Crippen MR) is 74.2 cm³/mol. The molecule has 0 amide bonds. The van der Waals surface area contributed by atoms with E-state index in [0.29, 0.717) is 0 Å². The van der Waals surface area contributed by atoms with Gasteiger partial charge in [-0.25, -0.2) is 0 Å². The number of halogens is 2. The Morgan fingerprint density at radius 2 is 2.20 bits per heavy atom. The van der Waals surface area contributed by atoms with Gasteiger partial charge in [-0.1, -0.05) is 41.1 Å². The highest BCUT2D eigenvalue weighted by molar-refractivity contribution is 14.1. The topological polar surface area (TPSA) is 9.23 Å². The van der Waals surface area contributed by atoms with Crippen molar-refractivity contribution < 1.29 is 4.74 Å². The Labute approximate surface area is 113 Å². The lowest BCUT2D eigenvalue weighted by molar-refractivity contribution is -0.0211. The maximum atomic E-state index is 5.96. The predicted octanol–water partition coefficient (Wildman–Crippen LogP) is 4.48. The highest BCUT2D eigenvalue weighted by Crippen LogP contribution is 2.45. The SMILES string of the molecule is CC1CCOC(I)(c2ccccc2Br)C1. The molecular weight excluding hydrogens is 367 g/mol. The van der Waals surface area contributed by atoms with Gasteiger partial charge in [0.1, 0.15) is 3.61 Å². The van der Waals surface area contributed by atoms with Crippen LogP contribution in [0.5, 0.6) is 0 Å². The first-order valence-electron chi connectivity index (χ1n) is 5.20. The molecule has 0 radical (unpaired) electrons. The maximum absolute atomic E-state index is 5.96. The molecule has 0 N–H and O–H groups in total. The van der Waals surface area contributed by atoms with Crippen molar-refractivity contribution in [2.75, 3.05) is 6.61 Å². The molecule has 3 heteroatoms. The Bertz CT molecular complexity index is 355. The number of rotatable bonds is 1. The van der Waals surface area contributed by atoms with E-state index in [-0.39, 0.29) is 3.61 Å². The van der Waals surface area contributed by atoms with Crippen LogP contribution in [0.4, 0.5) is 0 Å². The van der Waals surface area contributed by atoms with Gasteiger partial charge in [0.05, 0.1) is 0 Å². The highest BCUT2D eigenvalue weighted by Gasteiger charge is 2.36. The van der Waals surface area contributed by atoms with Crippen molar-refractivity contribution in [2.24, 2.45) is 5.92 Å². The molecule has 1 aromatic rings. The van der Waals surface area contributed by atoms with Gasteiger partial charge in [0, 0.05) is 16.6 Å². The second-order valence-electron chi connectivity index (χ2n) is 4.15. The summed E-state index contributed by atoms with van der Waals surface area (Å²) in [4.78, 5) is 0. The normalized spacial score (nSPS) is 31.5. The monoisotopic (exact) mass is 380 g/mol. The van der Waals surface area contributed by atoms with E-state index in [4.69, 9.17) is 4.74 Å². The van der Waals surface area contributed by atoms with E-state index in [0.717, 1.165) is 23.4 Å². The number of hydrogen-bond donors (Lipinski definition) is 0. The zero-order valence-electron chi connectivity index (χ0n) is 8.67. The number of benzene rings is 1. The molecule has 0 bridgehead atoms. The Morgan fingerprint density at radius 1 is 1.47 bits per heavy atom. The van der Waals surface area contributed by atoms with Gasteiger partial charge in [0.25, 0.3) is 0 Å². The van der Waals surface area contributed by atoms with Gasteiger partial charge < -0.3 is 4.74 Å². The van der Waals surface area contributed by atoms with Crippen molar-refractivity contribution in [3.05, 3.63) is 34.3 Å². The van der Waals surface area contributed by atoms with Crippen LogP contribution in [-0.2, 0) is 8.34 Å². The Balaban J connectivity index is 2.32. The smallest absolute Gasteiger partial charge is 0.145 e. The van der Waals surface area contributed by atoms with Crippen molar-refractivity contribution in [1.29, 1.82) is 0 Å². The summed E-state index contributed by atoms with van der Waals surface area (Å²) in [5.74, 6) is 0.739. The highest BCUT2D eigenvalue weighted by atomic mass is 127. The quantitative estimate of drug-likeness (QED) is 0.515. The fraction of sp³-hybridized carbons (Fsp3) is 0.500. The van der Waals surface area contributed by atoms with Gasteiger partial charge in [-0.3, -0.25) is 0 Å². The van der Waals surface area contributed by atoms with Crippen LogP contribution in [0.2, 0.25) is 0 Å². The van der Waals surface area contributed by atoms with E-state index in [1.54, 1.807) is 0 Å². The first kappa shape index (κ1) is 11.9. The van der Waals surface area contributed by atoms with Crippen LogP contribution >= 0.6 is 38.5 Å². The average Bonchev–Trinajstić information content (AvgIpc) is 2.17. The summed E-state index contributed by atoms with van der Waals surface area (Å²) in [5.41, 5.74) is 1.26. The summed E-state index contributed by atoms with van der Waals surface area (Å²) in [6.07, 6.45) is 2.27. The molecule has 0 spiro atoms. The minimum absolute atomic E-state index is 0.143. The lowest BCUT2D eigenvalue weighted by atomic mass is 9.93. The van der Waals surface area contributed by atoms with E-state index < -0.39 is 0 Å². The van der Waals surface area contributed by atoms with Crippen LogP contribution in [0.3, 0.4) is 0 Å². The van der Waals surface area contributed by atoms with Gasteiger partial charge in [-0.15, -0.1) is 0 Å². The molecule has 2 atom stereocenters. The molecule has 1 nitrogen and oxygen atoms in total. The molecule has 2 rings (SSSR count). The zero-order chi connectivity index (χ0) is 10.9. The van der Waals surface area contributed by atoms with Crippen LogP contribution in [0.25, 0.3) is 0 Å². The molecule has 1 aliphatic heterocycles. The third-order valence-corrected chi connectivity index (χ3v) is 4.85. The average molecular weight is 381 g/mol. The molecule has 1 aromatic carbocycles. The lowest BCUT2D eigenvalue weighted by Crippen LogP contribution is -2.31. The molecule has 1 heterocycles. The van der Waals surface area contributed by atoms with Gasteiger partial charge >= 0.3 is 0 Å². The third-order valence-electron chi connectivity index (χ3n) is 2.83. The van der Waals surface area contributed by atoms with Crippen molar-refractivity contribution in [3.63, 3.8) is 0 Å². The molecule has 0 aliphatic carbocycles. The first-order valence-corrected chi connectivity index (χ1v) is 7.07. The van der Waals surface area contributed by atoms with Gasteiger partial charge in [-0.05, 0) is 47.4 Å². The van der Waals surface area contributed by atoms with E-state index in [9.17, 15) is 0 Å². The molecular formula is C12H14BrIO. The fourth-order valence-electron chi connectivity index (χ4n) is 1.98. The van der Waals surface area contributed by atoms with Crippen molar-refractivity contribution in [3.8, 4) is 0 Å². The second kappa shape index (κ2) is 4.72. The molecule has 1 fully saturated rings. The molecule has 82 valence electrons. The Morgan fingerprint density at radius 3 is 2.87 bits per heavy atom. The minimum atomic E-state index is -0.143. The molecule has 0 aromatic heterocycles. The summed E-state index contributed by atoms with van der Waals surface area (Å²) >= 11 is 6.05. The summed E-state index contributed by atoms with van der Waals surface area (Å²) in [7, 11) is 0. The molecule has 15 heavy (non-hydrogen) atoms. The second-order valence-corrected chi connectivity index (χ2v) is 6.75. The van der Waals surface area contributed by atoms with E-state index in [1.807, 2.05) is 6.07 Å². The van der Waals surface area contributed by atoms with Gasteiger partial charge in [0.2, 0.25) is 0 Å². The van der Waals surface area contributed by atoms with Gasteiger partial charge in [-0.2, -0.15) is 0 Å². The van der Waals surface area contributed by atoms with E-state index in [1.165, 1.54) is 12.0 Å². The van der Waals surface area contributed by atoms with Crippen molar-refractivity contribution in [1.82, 2.24) is 0 Å². The van der Waals surface area contributed by atoms with Crippen molar-refractivity contribution >= 4 is 38.5 Å². The van der Waals surface area contributed by atoms with Crippen LogP contribution in [0.1, 0.15) is 25.3 Å². The van der Waals surface area contributed by atoms with Crippen LogP contribution < -0.4 is 0 Å². The van der Waals surface area contributed by atoms with Crippen LogP contribution in [-0.4, -0.2) is 6.61 Å². The molecule has 1 aliphatic rings.